The topological polar surface area (TPSA) is 132 Å². The van der Waals surface area contributed by atoms with Crippen LogP contribution in [0.1, 0.15) is 77.0 Å². The fraction of sp³-hybridized carbons (Fsp3) is 0.606. The van der Waals surface area contributed by atoms with Crippen molar-refractivity contribution >= 4 is 53.1 Å². The second-order valence-corrected chi connectivity index (χ2v) is 15.2. The van der Waals surface area contributed by atoms with E-state index < -0.39 is 29.5 Å². The first kappa shape index (κ1) is 33.4. The number of nitrogens with one attached hydrogen (secondary N) is 5. The number of thiocarbonyl (C=S) groups is 1. The van der Waals surface area contributed by atoms with Crippen molar-refractivity contribution in [3.8, 4) is 0 Å². The molecule has 2 saturated heterocycles. The number of benzene rings is 1. The van der Waals surface area contributed by atoms with E-state index >= 15 is 0 Å². The van der Waals surface area contributed by atoms with Gasteiger partial charge in [0.25, 0.3) is 0 Å². The van der Waals surface area contributed by atoms with E-state index in [0.717, 1.165) is 34.6 Å². The number of likely N-dealkylation sites (N-methyl/N-ethyl adjacent to an activating group) is 1. The van der Waals surface area contributed by atoms with Gasteiger partial charge in [0.05, 0.1) is 28.4 Å². The Bertz CT molecular complexity index is 1380. The van der Waals surface area contributed by atoms with Crippen LogP contribution in [-0.4, -0.2) is 76.4 Å². The minimum Gasteiger partial charge on any atom is -0.367 e. The first-order valence-corrected chi connectivity index (χ1v) is 17.4. The Balaban J connectivity index is 1.36. The molecule has 244 valence electrons. The molecule has 0 bridgehead atoms. The molecular weight excluding hydrogens is 609 g/mol. The first-order chi connectivity index (χ1) is 21.4. The molecule has 2 aliphatic heterocycles. The Morgan fingerprint density at radius 2 is 1.87 bits per heavy atom. The Morgan fingerprint density at radius 1 is 1.11 bits per heavy atom. The van der Waals surface area contributed by atoms with Gasteiger partial charge in [0, 0.05) is 11.7 Å². The summed E-state index contributed by atoms with van der Waals surface area (Å²) in [4.78, 5) is 55.6. The van der Waals surface area contributed by atoms with Crippen LogP contribution in [0.25, 0.3) is 0 Å². The van der Waals surface area contributed by atoms with Crippen LogP contribution >= 0.6 is 24.0 Å². The van der Waals surface area contributed by atoms with E-state index in [4.69, 9.17) is 12.2 Å². The molecule has 2 aliphatic carbocycles. The van der Waals surface area contributed by atoms with E-state index in [1.807, 2.05) is 45.2 Å². The van der Waals surface area contributed by atoms with Gasteiger partial charge in [-0.25, -0.2) is 0 Å². The number of thioether (sulfide) groups is 1. The number of fused-ring (bicyclic) bond motifs is 2. The van der Waals surface area contributed by atoms with Crippen molar-refractivity contribution < 1.29 is 19.2 Å². The SMILES string of the molecule is CN[C@@H](C)C(=S)N[C@H]1CCS[C@H]2CC(C)(C)[C@@H](C(=O)N[C@H]3c4ccccc4C[C@H]3C(=O)N[C@H]3CCC(NC=O)=C(C)C3)N2C1=O. The van der Waals surface area contributed by atoms with Crippen molar-refractivity contribution in [1.82, 2.24) is 31.5 Å². The van der Waals surface area contributed by atoms with E-state index in [2.05, 4.69) is 40.4 Å². The highest BCUT2D eigenvalue weighted by Crippen LogP contribution is 2.47. The smallest absolute Gasteiger partial charge is 0.246 e. The van der Waals surface area contributed by atoms with E-state index in [0.29, 0.717) is 43.5 Å². The normalized spacial score (nSPS) is 29.6. The molecule has 5 N–H and O–H groups in total. The second-order valence-electron chi connectivity index (χ2n) is 13.5. The lowest BCUT2D eigenvalue weighted by Gasteiger charge is -2.35. The number of carbonyl (C=O) groups is 4. The number of nitrogens with zero attached hydrogens (tertiary/aromatic N) is 1. The maximum atomic E-state index is 14.4. The van der Waals surface area contributed by atoms with Gasteiger partial charge in [0.2, 0.25) is 24.1 Å². The number of hydrogen-bond donors (Lipinski definition) is 5. The summed E-state index contributed by atoms with van der Waals surface area (Å²) in [6.07, 6.45) is 4.63. The second kappa shape index (κ2) is 13.8. The highest BCUT2D eigenvalue weighted by molar-refractivity contribution is 7.99. The van der Waals surface area contributed by atoms with E-state index in [1.165, 1.54) is 0 Å². The molecule has 10 nitrogen and oxygen atoms in total. The zero-order valence-electron chi connectivity index (χ0n) is 26.8. The third-order valence-electron chi connectivity index (χ3n) is 9.95. The van der Waals surface area contributed by atoms with Gasteiger partial charge >= 0.3 is 0 Å². The predicted molar refractivity (Wildman–Crippen MR) is 180 cm³/mol. The largest absolute Gasteiger partial charge is 0.367 e. The summed E-state index contributed by atoms with van der Waals surface area (Å²) in [6.45, 7) is 8.03. The summed E-state index contributed by atoms with van der Waals surface area (Å²) in [5.41, 5.74) is 3.50. The van der Waals surface area contributed by atoms with Crippen LogP contribution < -0.4 is 26.6 Å². The van der Waals surface area contributed by atoms with Gasteiger partial charge in [-0.15, -0.1) is 11.8 Å². The van der Waals surface area contributed by atoms with E-state index in [-0.39, 0.29) is 35.2 Å². The van der Waals surface area contributed by atoms with Crippen LogP contribution in [-0.2, 0) is 25.6 Å². The van der Waals surface area contributed by atoms with Gasteiger partial charge in [-0.1, -0.05) is 55.9 Å². The van der Waals surface area contributed by atoms with Crippen molar-refractivity contribution in [2.75, 3.05) is 12.8 Å². The van der Waals surface area contributed by atoms with E-state index in [9.17, 15) is 19.2 Å². The van der Waals surface area contributed by atoms with Gasteiger partial charge in [0.1, 0.15) is 12.1 Å². The van der Waals surface area contributed by atoms with Crippen LogP contribution in [0.15, 0.2) is 35.5 Å². The number of carbonyl (C=O) groups excluding carboxylic acids is 4. The highest BCUT2D eigenvalue weighted by Gasteiger charge is 2.55. The minimum absolute atomic E-state index is 0.0443. The molecule has 1 aromatic carbocycles. The van der Waals surface area contributed by atoms with Crippen LogP contribution in [0.5, 0.6) is 0 Å². The van der Waals surface area contributed by atoms with Crippen molar-refractivity contribution in [2.45, 2.75) is 102 Å². The third-order valence-corrected chi connectivity index (χ3v) is 11.7. The lowest BCUT2D eigenvalue weighted by atomic mass is 9.83. The van der Waals surface area contributed by atoms with Crippen LogP contribution in [0.2, 0.25) is 0 Å². The monoisotopic (exact) mass is 654 g/mol. The molecule has 2 heterocycles. The van der Waals surface area contributed by atoms with Gasteiger partial charge in [0.15, 0.2) is 0 Å². The lowest BCUT2D eigenvalue weighted by Crippen LogP contribution is -2.58. The lowest BCUT2D eigenvalue weighted by molar-refractivity contribution is -0.143. The third kappa shape index (κ3) is 6.92. The molecule has 2 fully saturated rings. The van der Waals surface area contributed by atoms with Gasteiger partial charge in [-0.05, 0) is 81.7 Å². The van der Waals surface area contributed by atoms with Crippen LogP contribution in [0.3, 0.4) is 0 Å². The predicted octanol–water partition coefficient (Wildman–Crippen LogP) is 2.69. The summed E-state index contributed by atoms with van der Waals surface area (Å²) in [6, 6.07) is 6.07. The Labute approximate surface area is 275 Å². The van der Waals surface area contributed by atoms with Crippen molar-refractivity contribution in [3.05, 3.63) is 46.7 Å². The van der Waals surface area contributed by atoms with Crippen molar-refractivity contribution in [3.63, 3.8) is 0 Å². The number of hydrogen-bond acceptors (Lipinski definition) is 7. The molecule has 4 amide bonds. The summed E-state index contributed by atoms with van der Waals surface area (Å²) in [5, 5.41) is 15.6. The molecule has 1 aromatic rings. The fourth-order valence-corrected chi connectivity index (χ4v) is 9.19. The molecule has 0 unspecified atom stereocenters. The summed E-state index contributed by atoms with van der Waals surface area (Å²) in [5.74, 6) is -0.126. The molecule has 0 radical (unpaired) electrons. The Kier molecular flexibility index (Phi) is 10.2. The average Bonchev–Trinajstić information content (AvgIpc) is 3.45. The molecule has 7 atom stereocenters. The standard InChI is InChI=1S/C33H46N6O4S2/c1-18-14-21(10-11-24(18)35-17-40)36-29(41)23-15-20-8-6-7-9-22(20)27(23)38-30(42)28-33(3,4)16-26-39(28)32(43)25(12-13-45-26)37-31(44)19(2)34-5/h6-9,17,19,21,23,25-28,34H,10-16H2,1-5H3,(H,35,40)(H,36,41)(H,37,44)(H,38,42)/t19-,21-,23+,25-,26-,27-,28+/m0/s1. The van der Waals surface area contributed by atoms with Gasteiger partial charge < -0.3 is 31.5 Å². The molecule has 45 heavy (non-hydrogen) atoms. The molecule has 12 heteroatoms. The summed E-state index contributed by atoms with van der Waals surface area (Å²) >= 11 is 7.29. The zero-order chi connectivity index (χ0) is 32.5. The average molecular weight is 655 g/mol. The minimum atomic E-state index is -0.688. The maximum absolute atomic E-state index is 14.4. The van der Waals surface area contributed by atoms with E-state index in [1.54, 1.807) is 16.7 Å². The quantitative estimate of drug-likeness (QED) is 0.203. The fourth-order valence-electron chi connectivity index (χ4n) is 7.35. The van der Waals surface area contributed by atoms with Crippen molar-refractivity contribution in [1.29, 1.82) is 0 Å². The number of allylic oxidation sites excluding steroid dienone is 1. The summed E-state index contributed by atoms with van der Waals surface area (Å²) < 4.78 is 0. The molecule has 4 aliphatic rings. The maximum Gasteiger partial charge on any atom is 0.246 e. The molecule has 0 aromatic heterocycles. The first-order valence-electron chi connectivity index (χ1n) is 15.9. The van der Waals surface area contributed by atoms with Crippen molar-refractivity contribution in [2.24, 2.45) is 11.3 Å². The van der Waals surface area contributed by atoms with Crippen LogP contribution in [0.4, 0.5) is 0 Å². The molecule has 0 spiro atoms. The molecule has 0 saturated carbocycles. The van der Waals surface area contributed by atoms with Gasteiger partial charge in [-0.3, -0.25) is 19.2 Å². The number of amides is 4. The Morgan fingerprint density at radius 3 is 2.58 bits per heavy atom. The Hall–Kier alpha value is -2.96. The molecule has 5 rings (SSSR count). The molecular formula is C33H46N6O4S2. The highest BCUT2D eigenvalue weighted by atomic mass is 32.2. The number of rotatable bonds is 9. The van der Waals surface area contributed by atoms with Crippen LogP contribution in [0, 0.1) is 11.3 Å². The van der Waals surface area contributed by atoms with Gasteiger partial charge in [-0.2, -0.15) is 0 Å². The zero-order valence-corrected chi connectivity index (χ0v) is 28.4. The summed E-state index contributed by atoms with van der Waals surface area (Å²) in [7, 11) is 1.83.